The van der Waals surface area contributed by atoms with Crippen molar-refractivity contribution in [3.05, 3.63) is 0 Å². The van der Waals surface area contributed by atoms with E-state index >= 15 is 0 Å². The number of hydrogen-bond donors (Lipinski definition) is 1. The van der Waals surface area contributed by atoms with E-state index in [9.17, 15) is 8.76 Å². The summed E-state index contributed by atoms with van der Waals surface area (Å²) in [6.07, 6.45) is 0. The predicted octanol–water partition coefficient (Wildman–Crippen LogP) is -3.83. The minimum atomic E-state index is -2.09. The molecule has 0 aromatic heterocycles. The fourth-order valence-corrected chi connectivity index (χ4v) is 0. The molecule has 0 saturated carbocycles. The van der Waals surface area contributed by atoms with Crippen molar-refractivity contribution in [3.63, 3.8) is 0 Å². The Kier molecular flexibility index (Phi) is 8.15. The molecule has 0 rings (SSSR count). The van der Waals surface area contributed by atoms with Crippen molar-refractivity contribution in [2.75, 3.05) is 0 Å². The fourth-order valence-electron chi connectivity index (χ4n) is 0. The number of rotatable bonds is 1. The molecule has 0 fully saturated rings. The van der Waals surface area contributed by atoms with Gasteiger partial charge in [-0.3, -0.25) is 4.21 Å². The van der Waals surface area contributed by atoms with Crippen molar-refractivity contribution in [1.29, 1.82) is 0 Å². The van der Waals surface area contributed by atoms with Crippen LogP contribution in [0.15, 0.2) is 0 Å². The van der Waals surface area contributed by atoms with Crippen LogP contribution in [-0.4, -0.2) is 14.1 Å². The molecule has 0 amide bonds. The Balaban J connectivity index is 0. The zero-order valence-corrected chi connectivity index (χ0v) is 7.20. The second-order valence-electron chi connectivity index (χ2n) is 0.966. The van der Waals surface area contributed by atoms with Crippen molar-refractivity contribution in [1.82, 2.24) is 0 Å². The third-order valence-electron chi connectivity index (χ3n) is 0.304. The van der Waals surface area contributed by atoms with Crippen molar-refractivity contribution in [2.45, 2.75) is 12.3 Å². The first-order chi connectivity index (χ1) is 2.64. The molecule has 2 atom stereocenters. The van der Waals surface area contributed by atoms with Crippen LogP contribution in [0.2, 0.25) is 0 Å². The summed E-state index contributed by atoms with van der Waals surface area (Å²) in [6, 6.07) is 0. The molecule has 0 spiro atoms. The molecule has 0 aliphatic rings. The Morgan fingerprint density at radius 3 is 2.00 bits per heavy atom. The van der Waals surface area contributed by atoms with Crippen molar-refractivity contribution < 1.29 is 38.3 Å². The van der Waals surface area contributed by atoms with E-state index in [0.29, 0.717) is 0 Å². The molecular weight excluding hydrogens is 125 g/mol. The van der Waals surface area contributed by atoms with Gasteiger partial charge in [-0.25, -0.2) is 0 Å². The molecule has 0 heterocycles. The van der Waals surface area contributed by atoms with Gasteiger partial charge in [0, 0.05) is 0 Å². The maximum absolute atomic E-state index is 9.57. The average Bonchev–Trinajstić information content (AvgIpc) is 1.36. The van der Waals surface area contributed by atoms with Crippen molar-refractivity contribution in [3.8, 4) is 0 Å². The fraction of sp³-hybridized carbons (Fsp3) is 1.00. The van der Waals surface area contributed by atoms with Crippen molar-refractivity contribution in [2.24, 2.45) is 5.73 Å². The van der Waals surface area contributed by atoms with E-state index in [1.807, 2.05) is 0 Å². The van der Waals surface area contributed by atoms with Gasteiger partial charge in [0.15, 0.2) is 0 Å². The van der Waals surface area contributed by atoms with Crippen LogP contribution in [-0.2, 0) is 11.1 Å². The first kappa shape index (κ1) is 10.9. The number of nitrogens with two attached hydrogens (primary N) is 1. The average molecular weight is 131 g/mol. The van der Waals surface area contributed by atoms with E-state index in [0.717, 1.165) is 0 Å². The van der Waals surface area contributed by atoms with Crippen LogP contribution >= 0.6 is 0 Å². The summed E-state index contributed by atoms with van der Waals surface area (Å²) in [5.74, 6) is 0. The Morgan fingerprint density at radius 1 is 1.86 bits per heavy atom. The third-order valence-corrected chi connectivity index (χ3v) is 0.911. The molecule has 0 bridgehead atoms. The van der Waals surface area contributed by atoms with Gasteiger partial charge >= 0.3 is 29.6 Å². The summed E-state index contributed by atoms with van der Waals surface area (Å²) in [5, 5.41) is -0.731. The molecular formula is C2H6NNaO2S. The maximum Gasteiger partial charge on any atom is 1.00 e. The zero-order valence-electron chi connectivity index (χ0n) is 4.38. The smallest absolute Gasteiger partial charge is 0.771 e. The standard InChI is InChI=1S/C2H7NO2S.Na/c1-2(3)6(4)5;/h2H,3H2,1H3,(H,4,5);/q;+1/p-1. The largest absolute Gasteiger partial charge is 1.00 e. The molecule has 5 heteroatoms. The Bertz CT molecular complexity index is 66.7. The van der Waals surface area contributed by atoms with Crippen LogP contribution in [0.1, 0.15) is 6.92 Å². The van der Waals surface area contributed by atoms with Gasteiger partial charge in [-0.2, -0.15) is 0 Å². The van der Waals surface area contributed by atoms with Gasteiger partial charge in [0.2, 0.25) is 0 Å². The summed E-state index contributed by atoms with van der Waals surface area (Å²) < 4.78 is 19.1. The molecule has 2 unspecified atom stereocenters. The van der Waals surface area contributed by atoms with Gasteiger partial charge in [0.05, 0.1) is 5.37 Å². The molecule has 0 radical (unpaired) electrons. The molecule has 0 aromatic rings. The van der Waals surface area contributed by atoms with E-state index in [-0.39, 0.29) is 29.6 Å². The first-order valence-corrected chi connectivity index (χ1v) is 2.62. The van der Waals surface area contributed by atoms with Crippen LogP contribution in [0.5, 0.6) is 0 Å². The molecule has 7 heavy (non-hydrogen) atoms. The van der Waals surface area contributed by atoms with Crippen LogP contribution in [0, 0.1) is 0 Å². The van der Waals surface area contributed by atoms with E-state index in [1.54, 1.807) is 0 Å². The monoisotopic (exact) mass is 131 g/mol. The topological polar surface area (TPSA) is 66.2 Å². The van der Waals surface area contributed by atoms with Gasteiger partial charge < -0.3 is 10.3 Å². The van der Waals surface area contributed by atoms with Crippen LogP contribution in [0.4, 0.5) is 0 Å². The minimum absolute atomic E-state index is 0. The SMILES string of the molecule is CC(N)S(=O)[O-].[Na+]. The second-order valence-corrected chi connectivity index (χ2v) is 2.23. The molecule has 0 aromatic carbocycles. The minimum Gasteiger partial charge on any atom is -0.771 e. The van der Waals surface area contributed by atoms with Crippen LogP contribution in [0.3, 0.4) is 0 Å². The van der Waals surface area contributed by atoms with E-state index in [1.165, 1.54) is 6.92 Å². The van der Waals surface area contributed by atoms with E-state index in [4.69, 9.17) is 5.73 Å². The summed E-state index contributed by atoms with van der Waals surface area (Å²) in [4.78, 5) is 0. The van der Waals surface area contributed by atoms with Gasteiger partial charge in [0.1, 0.15) is 0 Å². The van der Waals surface area contributed by atoms with Crippen LogP contribution < -0.4 is 35.3 Å². The Hall–Kier alpha value is 1.07. The molecule has 38 valence electrons. The predicted molar refractivity (Wildman–Crippen MR) is 22.6 cm³/mol. The Labute approximate surface area is 67.2 Å². The third kappa shape index (κ3) is 7.07. The Morgan fingerprint density at radius 2 is 2.00 bits per heavy atom. The summed E-state index contributed by atoms with van der Waals surface area (Å²) in [5.41, 5.74) is 4.82. The van der Waals surface area contributed by atoms with Gasteiger partial charge in [-0.1, -0.05) is 0 Å². The summed E-state index contributed by atoms with van der Waals surface area (Å²) in [6.45, 7) is 1.41. The van der Waals surface area contributed by atoms with Crippen molar-refractivity contribution >= 4 is 11.1 Å². The summed E-state index contributed by atoms with van der Waals surface area (Å²) >= 11 is -2.09. The normalized spacial score (nSPS) is 17.0. The van der Waals surface area contributed by atoms with E-state index < -0.39 is 16.5 Å². The van der Waals surface area contributed by atoms with E-state index in [2.05, 4.69) is 0 Å². The second kappa shape index (κ2) is 5.21. The zero-order chi connectivity index (χ0) is 5.15. The van der Waals surface area contributed by atoms with Gasteiger partial charge in [-0.15, -0.1) is 0 Å². The molecule has 0 saturated heterocycles. The molecule has 2 N–H and O–H groups in total. The van der Waals surface area contributed by atoms with Crippen LogP contribution in [0.25, 0.3) is 0 Å². The van der Waals surface area contributed by atoms with Gasteiger partial charge in [-0.05, 0) is 18.0 Å². The molecule has 3 nitrogen and oxygen atoms in total. The summed E-state index contributed by atoms with van der Waals surface area (Å²) in [7, 11) is 0. The quantitative estimate of drug-likeness (QED) is 0.293. The number of hydrogen-bond acceptors (Lipinski definition) is 3. The molecule has 0 aliphatic carbocycles. The molecule has 0 aliphatic heterocycles. The maximum atomic E-state index is 9.57. The van der Waals surface area contributed by atoms with Gasteiger partial charge in [0.25, 0.3) is 0 Å². The first-order valence-electron chi connectivity index (χ1n) is 1.48.